The maximum atomic E-state index is 11.5. The van der Waals surface area contributed by atoms with Crippen LogP contribution in [0.4, 0.5) is 0 Å². The van der Waals surface area contributed by atoms with Gasteiger partial charge in [-0.1, -0.05) is 0 Å². The van der Waals surface area contributed by atoms with Gasteiger partial charge >= 0.3 is 0 Å². The Morgan fingerprint density at radius 2 is 1.74 bits per heavy atom. The molecule has 19 heavy (non-hydrogen) atoms. The first-order chi connectivity index (χ1) is 9.04. The van der Waals surface area contributed by atoms with E-state index in [1.165, 1.54) is 28.3 Å². The summed E-state index contributed by atoms with van der Waals surface area (Å²) in [6.45, 7) is 3.28. The number of ether oxygens (including phenoxy) is 3. The van der Waals surface area contributed by atoms with E-state index in [1.54, 1.807) is 6.07 Å². The molecule has 0 unspecified atom stereocenters. The summed E-state index contributed by atoms with van der Waals surface area (Å²) in [5, 5.41) is 0.727. The van der Waals surface area contributed by atoms with E-state index in [1.807, 2.05) is 6.92 Å². The van der Waals surface area contributed by atoms with Crippen LogP contribution in [0.2, 0.25) is 0 Å². The summed E-state index contributed by atoms with van der Waals surface area (Å²) in [5.41, 5.74) is 1.28. The van der Waals surface area contributed by atoms with Crippen molar-refractivity contribution in [2.45, 2.75) is 13.8 Å². The Labute approximate surface area is 111 Å². The van der Waals surface area contributed by atoms with Crippen molar-refractivity contribution in [1.29, 1.82) is 0 Å². The van der Waals surface area contributed by atoms with E-state index in [0.717, 1.165) is 10.9 Å². The number of carbonyl (C=O) groups excluding carboxylic acids is 1. The van der Waals surface area contributed by atoms with Gasteiger partial charge in [0.25, 0.3) is 0 Å². The van der Waals surface area contributed by atoms with Crippen molar-refractivity contribution in [2.75, 3.05) is 21.3 Å². The molecule has 0 saturated carbocycles. The van der Waals surface area contributed by atoms with Crippen LogP contribution < -0.4 is 14.2 Å². The molecule has 0 amide bonds. The molecular formula is C14H16O5. The minimum Gasteiger partial charge on any atom is -0.493 e. The Balaban J connectivity index is 2.90. The van der Waals surface area contributed by atoms with E-state index in [2.05, 4.69) is 0 Å². The highest BCUT2D eigenvalue weighted by atomic mass is 16.5. The molecule has 0 aliphatic heterocycles. The van der Waals surface area contributed by atoms with Crippen LogP contribution >= 0.6 is 0 Å². The van der Waals surface area contributed by atoms with Crippen molar-refractivity contribution in [3.8, 4) is 17.2 Å². The second-order valence-electron chi connectivity index (χ2n) is 4.13. The maximum absolute atomic E-state index is 11.5. The van der Waals surface area contributed by atoms with Crippen LogP contribution in [0.1, 0.15) is 23.0 Å². The zero-order valence-electron chi connectivity index (χ0n) is 11.6. The number of hydrogen-bond acceptors (Lipinski definition) is 5. The van der Waals surface area contributed by atoms with Crippen molar-refractivity contribution >= 4 is 16.8 Å². The second-order valence-corrected chi connectivity index (χ2v) is 4.13. The third-order valence-corrected chi connectivity index (χ3v) is 3.04. The minimum atomic E-state index is -0.131. The minimum absolute atomic E-state index is 0.131. The normalized spacial score (nSPS) is 10.6. The monoisotopic (exact) mass is 264 g/mol. The highest BCUT2D eigenvalue weighted by molar-refractivity contribution is 6.02. The van der Waals surface area contributed by atoms with Crippen LogP contribution in [-0.2, 0) is 0 Å². The van der Waals surface area contributed by atoms with Crippen LogP contribution in [0.25, 0.3) is 11.0 Å². The van der Waals surface area contributed by atoms with E-state index in [4.69, 9.17) is 18.6 Å². The van der Waals surface area contributed by atoms with Gasteiger partial charge in [-0.2, -0.15) is 0 Å². The largest absolute Gasteiger partial charge is 0.493 e. The molecule has 0 aliphatic rings. The fourth-order valence-electron chi connectivity index (χ4n) is 2.21. The molecule has 0 atom stereocenters. The Morgan fingerprint density at radius 3 is 2.21 bits per heavy atom. The van der Waals surface area contributed by atoms with E-state index >= 15 is 0 Å². The van der Waals surface area contributed by atoms with Gasteiger partial charge in [0.1, 0.15) is 5.58 Å². The van der Waals surface area contributed by atoms with Crippen molar-refractivity contribution < 1.29 is 23.4 Å². The number of rotatable bonds is 4. The van der Waals surface area contributed by atoms with Crippen LogP contribution in [0.5, 0.6) is 17.2 Å². The first-order valence-electron chi connectivity index (χ1n) is 5.78. The molecule has 1 aromatic heterocycles. The smallest absolute Gasteiger partial charge is 0.204 e. The molecule has 0 N–H and O–H groups in total. The fourth-order valence-corrected chi connectivity index (χ4v) is 2.21. The van der Waals surface area contributed by atoms with Gasteiger partial charge in [-0.3, -0.25) is 4.79 Å². The Kier molecular flexibility index (Phi) is 3.38. The number of carbonyl (C=O) groups is 1. The van der Waals surface area contributed by atoms with Gasteiger partial charge < -0.3 is 18.6 Å². The number of furan rings is 1. The Bertz CT molecular complexity index is 639. The zero-order chi connectivity index (χ0) is 14.2. The molecule has 0 spiro atoms. The van der Waals surface area contributed by atoms with Crippen LogP contribution in [0, 0.1) is 6.92 Å². The lowest BCUT2D eigenvalue weighted by Gasteiger charge is -2.12. The second kappa shape index (κ2) is 4.84. The summed E-state index contributed by atoms with van der Waals surface area (Å²) < 4.78 is 21.5. The molecule has 102 valence electrons. The average Bonchev–Trinajstić information content (AvgIpc) is 2.73. The highest BCUT2D eigenvalue weighted by Crippen LogP contribution is 2.46. The third-order valence-electron chi connectivity index (χ3n) is 3.04. The zero-order valence-corrected chi connectivity index (χ0v) is 11.6. The lowest BCUT2D eigenvalue weighted by Crippen LogP contribution is -1.96. The van der Waals surface area contributed by atoms with E-state index in [9.17, 15) is 4.79 Å². The summed E-state index contributed by atoms with van der Waals surface area (Å²) in [4.78, 5) is 11.5. The van der Waals surface area contributed by atoms with E-state index < -0.39 is 0 Å². The van der Waals surface area contributed by atoms with Gasteiger partial charge in [-0.15, -0.1) is 0 Å². The van der Waals surface area contributed by atoms with Crippen molar-refractivity contribution in [3.63, 3.8) is 0 Å². The van der Waals surface area contributed by atoms with Gasteiger partial charge in [0.15, 0.2) is 23.0 Å². The van der Waals surface area contributed by atoms with Crippen LogP contribution in [0.15, 0.2) is 10.5 Å². The number of hydrogen-bond donors (Lipinski definition) is 0. The Morgan fingerprint density at radius 1 is 1.11 bits per heavy atom. The molecule has 2 aromatic rings. The molecular weight excluding hydrogens is 248 g/mol. The average molecular weight is 264 g/mol. The predicted molar refractivity (Wildman–Crippen MR) is 70.6 cm³/mol. The van der Waals surface area contributed by atoms with E-state index in [0.29, 0.717) is 28.6 Å². The quantitative estimate of drug-likeness (QED) is 0.794. The molecule has 0 bridgehead atoms. The molecule has 2 rings (SSSR count). The number of Topliss-reactive ketones (excluding diaryl/α,β-unsaturated/α-hetero) is 1. The number of fused-ring (bicyclic) bond motifs is 1. The summed E-state index contributed by atoms with van der Waals surface area (Å²) in [6, 6.07) is 1.69. The number of methoxy groups -OCH3 is 3. The van der Waals surface area contributed by atoms with Gasteiger partial charge in [0.05, 0.1) is 26.7 Å². The standard InChI is InChI=1S/C14H16O5/c1-7-11-9(19-12(7)8(2)15)6-10(16-3)13(17-4)14(11)18-5/h6H,1-5H3. The SMILES string of the molecule is COc1cc2oc(C(C)=O)c(C)c2c(OC)c1OC. The molecule has 1 aromatic carbocycles. The van der Waals surface area contributed by atoms with Crippen molar-refractivity contribution in [1.82, 2.24) is 0 Å². The van der Waals surface area contributed by atoms with Gasteiger partial charge in [0.2, 0.25) is 5.75 Å². The van der Waals surface area contributed by atoms with Gasteiger partial charge in [0, 0.05) is 18.6 Å². The molecule has 0 fully saturated rings. The number of benzene rings is 1. The van der Waals surface area contributed by atoms with E-state index in [-0.39, 0.29) is 5.78 Å². The fraction of sp³-hybridized carbons (Fsp3) is 0.357. The van der Waals surface area contributed by atoms with Crippen molar-refractivity contribution in [3.05, 3.63) is 17.4 Å². The summed E-state index contributed by atoms with van der Waals surface area (Å²) in [7, 11) is 4.61. The molecule has 5 nitrogen and oxygen atoms in total. The molecule has 0 radical (unpaired) electrons. The summed E-state index contributed by atoms with van der Waals surface area (Å²) in [5.74, 6) is 1.68. The van der Waals surface area contributed by atoms with Crippen LogP contribution in [-0.4, -0.2) is 27.1 Å². The first-order valence-corrected chi connectivity index (χ1v) is 5.78. The topological polar surface area (TPSA) is 57.9 Å². The number of ketones is 1. The summed E-state index contributed by atoms with van der Waals surface area (Å²) >= 11 is 0. The van der Waals surface area contributed by atoms with Gasteiger partial charge in [-0.05, 0) is 6.92 Å². The molecule has 0 saturated heterocycles. The van der Waals surface area contributed by atoms with Gasteiger partial charge in [-0.25, -0.2) is 0 Å². The summed E-state index contributed by atoms with van der Waals surface area (Å²) in [6.07, 6.45) is 0. The highest BCUT2D eigenvalue weighted by Gasteiger charge is 2.23. The molecule has 1 heterocycles. The predicted octanol–water partition coefficient (Wildman–Crippen LogP) is 2.97. The Hall–Kier alpha value is -2.17. The first kappa shape index (κ1) is 13.3. The van der Waals surface area contributed by atoms with Crippen molar-refractivity contribution in [2.24, 2.45) is 0 Å². The van der Waals surface area contributed by atoms with Crippen LogP contribution in [0.3, 0.4) is 0 Å². The lowest BCUT2D eigenvalue weighted by atomic mass is 10.1. The lowest BCUT2D eigenvalue weighted by molar-refractivity contribution is 0.0988. The molecule has 0 aliphatic carbocycles. The molecule has 5 heteroatoms. The number of aryl methyl sites for hydroxylation is 1. The third kappa shape index (κ3) is 1.91. The maximum Gasteiger partial charge on any atom is 0.204 e.